The molecule has 0 amide bonds. The molecule has 1 rings (SSSR count). The third kappa shape index (κ3) is 2.94. The van der Waals surface area contributed by atoms with E-state index < -0.39 is 15.9 Å². The summed E-state index contributed by atoms with van der Waals surface area (Å²) in [6.07, 6.45) is 1.59. The zero-order valence-electron chi connectivity index (χ0n) is 9.81. The van der Waals surface area contributed by atoms with Gasteiger partial charge in [-0.15, -0.1) is 0 Å². The highest BCUT2D eigenvalue weighted by Crippen LogP contribution is 2.34. The first-order valence-electron chi connectivity index (χ1n) is 5.78. The van der Waals surface area contributed by atoms with Crippen molar-refractivity contribution in [2.75, 3.05) is 5.75 Å². The lowest BCUT2D eigenvalue weighted by atomic mass is 9.80. The fraction of sp³-hybridized carbons (Fsp3) is 1.00. The maximum absolute atomic E-state index is 11.9. The van der Waals surface area contributed by atoms with E-state index in [1.54, 1.807) is 6.92 Å². The molecule has 3 unspecified atom stereocenters. The summed E-state index contributed by atoms with van der Waals surface area (Å²) in [5.74, 6) is 0.787. The van der Waals surface area contributed by atoms with Gasteiger partial charge in [0.1, 0.15) is 0 Å². The molecule has 1 aliphatic carbocycles. The Bertz CT molecular complexity index is 295. The van der Waals surface area contributed by atoms with Crippen LogP contribution in [-0.2, 0) is 9.84 Å². The van der Waals surface area contributed by atoms with Crippen molar-refractivity contribution in [3.05, 3.63) is 0 Å². The predicted molar refractivity (Wildman–Crippen MR) is 61.4 cm³/mol. The van der Waals surface area contributed by atoms with Crippen LogP contribution in [0.4, 0.5) is 0 Å². The number of sulfone groups is 1. The molecule has 0 saturated heterocycles. The van der Waals surface area contributed by atoms with Gasteiger partial charge in [0.05, 0.1) is 11.4 Å². The Morgan fingerprint density at radius 2 is 1.93 bits per heavy atom. The molecule has 15 heavy (non-hydrogen) atoms. The summed E-state index contributed by atoms with van der Waals surface area (Å²) in [5.41, 5.74) is 0. The van der Waals surface area contributed by atoms with Gasteiger partial charge in [0.2, 0.25) is 0 Å². The van der Waals surface area contributed by atoms with E-state index in [1.165, 1.54) is 0 Å². The largest absolute Gasteiger partial charge is 0.393 e. The van der Waals surface area contributed by atoms with Gasteiger partial charge < -0.3 is 5.11 Å². The molecule has 0 aliphatic heterocycles. The van der Waals surface area contributed by atoms with Gasteiger partial charge in [-0.3, -0.25) is 0 Å². The third-order valence-electron chi connectivity index (χ3n) is 3.54. The molecule has 3 atom stereocenters. The normalized spacial score (nSPS) is 33.3. The summed E-state index contributed by atoms with van der Waals surface area (Å²) in [6, 6.07) is 0. The molecule has 1 aliphatic rings. The second-order valence-electron chi connectivity index (χ2n) is 4.86. The van der Waals surface area contributed by atoms with E-state index in [4.69, 9.17) is 0 Å². The van der Waals surface area contributed by atoms with Crippen molar-refractivity contribution in [3.63, 3.8) is 0 Å². The monoisotopic (exact) mass is 234 g/mol. The molecule has 90 valence electrons. The summed E-state index contributed by atoms with van der Waals surface area (Å²) in [5, 5.41) is 9.25. The van der Waals surface area contributed by atoms with Crippen LogP contribution in [0.3, 0.4) is 0 Å². The van der Waals surface area contributed by atoms with Gasteiger partial charge in [-0.25, -0.2) is 8.42 Å². The Hall–Kier alpha value is -0.0900. The van der Waals surface area contributed by atoms with Crippen molar-refractivity contribution >= 4 is 9.84 Å². The average molecular weight is 234 g/mol. The molecule has 1 N–H and O–H groups in total. The van der Waals surface area contributed by atoms with Crippen molar-refractivity contribution in [1.29, 1.82) is 0 Å². The van der Waals surface area contributed by atoms with Crippen molar-refractivity contribution < 1.29 is 13.5 Å². The molecule has 0 radical (unpaired) electrons. The Morgan fingerprint density at radius 3 is 2.40 bits per heavy atom. The van der Waals surface area contributed by atoms with Crippen LogP contribution in [0.5, 0.6) is 0 Å². The molecule has 3 nitrogen and oxygen atoms in total. The van der Waals surface area contributed by atoms with Crippen molar-refractivity contribution in [2.45, 2.75) is 51.4 Å². The first-order valence-corrected chi connectivity index (χ1v) is 7.49. The topological polar surface area (TPSA) is 54.4 Å². The van der Waals surface area contributed by atoms with E-state index >= 15 is 0 Å². The first-order chi connectivity index (χ1) is 6.88. The number of rotatable bonds is 3. The van der Waals surface area contributed by atoms with Crippen LogP contribution in [0.2, 0.25) is 0 Å². The van der Waals surface area contributed by atoms with E-state index in [2.05, 4.69) is 13.8 Å². The lowest BCUT2D eigenvalue weighted by Crippen LogP contribution is -2.41. The van der Waals surface area contributed by atoms with E-state index in [0.29, 0.717) is 12.3 Å². The highest BCUT2D eigenvalue weighted by Gasteiger charge is 2.38. The van der Waals surface area contributed by atoms with E-state index in [1.807, 2.05) is 0 Å². The van der Waals surface area contributed by atoms with Crippen LogP contribution in [0.25, 0.3) is 0 Å². The number of hydrogen-bond donors (Lipinski definition) is 1. The van der Waals surface area contributed by atoms with Gasteiger partial charge >= 0.3 is 0 Å². The minimum Gasteiger partial charge on any atom is -0.393 e. The SMILES string of the molecule is CCS(=O)(=O)C1CC(O)CCC1C(C)C. The maximum atomic E-state index is 11.9. The molecule has 0 aromatic carbocycles. The van der Waals surface area contributed by atoms with E-state index in [-0.39, 0.29) is 16.9 Å². The Labute approximate surface area is 92.8 Å². The average Bonchev–Trinajstić information content (AvgIpc) is 2.17. The molecule has 0 heterocycles. The van der Waals surface area contributed by atoms with E-state index in [0.717, 1.165) is 12.8 Å². The molecular formula is C11H22O3S. The number of hydrogen-bond acceptors (Lipinski definition) is 3. The van der Waals surface area contributed by atoms with Crippen molar-refractivity contribution in [1.82, 2.24) is 0 Å². The number of aliphatic hydroxyl groups excluding tert-OH is 1. The summed E-state index contributed by atoms with van der Waals surface area (Å²) >= 11 is 0. The molecule has 0 spiro atoms. The lowest BCUT2D eigenvalue weighted by Gasteiger charge is -2.36. The van der Waals surface area contributed by atoms with Crippen LogP contribution >= 0.6 is 0 Å². The zero-order valence-corrected chi connectivity index (χ0v) is 10.6. The highest BCUT2D eigenvalue weighted by molar-refractivity contribution is 7.92. The highest BCUT2D eigenvalue weighted by atomic mass is 32.2. The Balaban J connectivity index is 2.89. The smallest absolute Gasteiger partial charge is 0.153 e. The Morgan fingerprint density at radius 1 is 1.33 bits per heavy atom. The molecular weight excluding hydrogens is 212 g/mol. The van der Waals surface area contributed by atoms with Gasteiger partial charge in [0.15, 0.2) is 9.84 Å². The minimum atomic E-state index is -3.01. The van der Waals surface area contributed by atoms with Gasteiger partial charge in [0, 0.05) is 5.75 Å². The molecule has 0 aromatic rings. The van der Waals surface area contributed by atoms with Crippen molar-refractivity contribution in [3.8, 4) is 0 Å². The van der Waals surface area contributed by atoms with Crippen LogP contribution in [0, 0.1) is 11.8 Å². The molecule has 4 heteroatoms. The lowest BCUT2D eigenvalue weighted by molar-refractivity contribution is 0.0985. The number of aliphatic hydroxyl groups is 1. The quantitative estimate of drug-likeness (QED) is 0.807. The van der Waals surface area contributed by atoms with Crippen LogP contribution in [0.1, 0.15) is 40.0 Å². The third-order valence-corrected chi connectivity index (χ3v) is 5.80. The fourth-order valence-corrected chi connectivity index (χ4v) is 4.45. The summed E-state index contributed by atoms with van der Waals surface area (Å²) in [4.78, 5) is 0. The molecule has 1 fully saturated rings. The predicted octanol–water partition coefficient (Wildman–Crippen LogP) is 1.61. The Kier molecular flexibility index (Phi) is 4.18. The van der Waals surface area contributed by atoms with Crippen molar-refractivity contribution in [2.24, 2.45) is 11.8 Å². The molecule has 1 saturated carbocycles. The first kappa shape index (κ1) is 13.0. The van der Waals surface area contributed by atoms with Gasteiger partial charge in [-0.05, 0) is 31.1 Å². The second-order valence-corrected chi connectivity index (χ2v) is 7.37. The van der Waals surface area contributed by atoms with Crippen LogP contribution in [0.15, 0.2) is 0 Å². The van der Waals surface area contributed by atoms with E-state index in [9.17, 15) is 13.5 Å². The van der Waals surface area contributed by atoms with Crippen LogP contribution < -0.4 is 0 Å². The molecule has 0 aromatic heterocycles. The fourth-order valence-electron chi connectivity index (χ4n) is 2.52. The minimum absolute atomic E-state index is 0.188. The maximum Gasteiger partial charge on any atom is 0.153 e. The second kappa shape index (κ2) is 4.83. The summed E-state index contributed by atoms with van der Waals surface area (Å²) < 4.78 is 23.8. The van der Waals surface area contributed by atoms with Gasteiger partial charge in [-0.1, -0.05) is 20.8 Å². The molecule has 0 bridgehead atoms. The van der Waals surface area contributed by atoms with Gasteiger partial charge in [-0.2, -0.15) is 0 Å². The standard InChI is InChI=1S/C11H22O3S/c1-4-15(13,14)11-7-9(12)5-6-10(11)8(2)3/h8-12H,4-7H2,1-3H3. The summed E-state index contributed by atoms with van der Waals surface area (Å²) in [7, 11) is -3.01. The zero-order chi connectivity index (χ0) is 11.6. The van der Waals surface area contributed by atoms with Gasteiger partial charge in [0.25, 0.3) is 0 Å². The van der Waals surface area contributed by atoms with Crippen LogP contribution in [-0.4, -0.2) is 30.6 Å². The summed E-state index contributed by atoms with van der Waals surface area (Å²) in [6.45, 7) is 5.83.